The highest BCUT2D eigenvalue weighted by Gasteiger charge is 2.47. The van der Waals surface area contributed by atoms with E-state index >= 15 is 0 Å². The first-order chi connectivity index (χ1) is 15.5. The second-order valence-electron chi connectivity index (χ2n) is 7.57. The van der Waals surface area contributed by atoms with Gasteiger partial charge in [0.15, 0.2) is 6.04 Å². The van der Waals surface area contributed by atoms with Crippen LogP contribution in [0.25, 0.3) is 0 Å². The van der Waals surface area contributed by atoms with Gasteiger partial charge >= 0.3 is 5.91 Å². The van der Waals surface area contributed by atoms with Crippen molar-refractivity contribution in [3.05, 3.63) is 100 Å². The SMILES string of the molecule is COc1ccc([C@H]2[C@@H](NC(=O)c3ccc(C)cc3)C(=O)N/[N+]2=C\c2ccccc2Cl)cc1. The zero-order valence-corrected chi connectivity index (χ0v) is 18.5. The van der Waals surface area contributed by atoms with Gasteiger partial charge in [-0.25, -0.2) is 0 Å². The maximum absolute atomic E-state index is 12.9. The average Bonchev–Trinajstić information content (AvgIpc) is 3.10. The van der Waals surface area contributed by atoms with Crippen molar-refractivity contribution in [1.29, 1.82) is 0 Å². The van der Waals surface area contributed by atoms with Crippen LogP contribution in [0.3, 0.4) is 0 Å². The van der Waals surface area contributed by atoms with Crippen LogP contribution in [0.1, 0.15) is 33.1 Å². The van der Waals surface area contributed by atoms with Crippen molar-refractivity contribution >= 4 is 29.6 Å². The smallest absolute Gasteiger partial charge is 0.304 e. The number of nitrogens with zero attached hydrogens (tertiary/aromatic N) is 1. The molecule has 162 valence electrons. The molecule has 6 nitrogen and oxygen atoms in total. The van der Waals surface area contributed by atoms with Gasteiger partial charge in [-0.1, -0.05) is 41.4 Å². The lowest BCUT2D eigenvalue weighted by molar-refractivity contribution is -0.596. The first-order valence-electron chi connectivity index (χ1n) is 10.2. The number of benzene rings is 3. The Morgan fingerprint density at radius 2 is 1.75 bits per heavy atom. The van der Waals surface area contributed by atoms with Gasteiger partial charge in [0, 0.05) is 11.1 Å². The number of carbonyl (C=O) groups excluding carboxylic acids is 2. The molecule has 0 aliphatic carbocycles. The highest BCUT2D eigenvalue weighted by Crippen LogP contribution is 2.27. The summed E-state index contributed by atoms with van der Waals surface area (Å²) in [4.78, 5) is 25.8. The molecular formula is C25H23ClN3O3+. The number of rotatable bonds is 5. The molecule has 32 heavy (non-hydrogen) atoms. The van der Waals surface area contributed by atoms with E-state index in [1.54, 1.807) is 36.2 Å². The summed E-state index contributed by atoms with van der Waals surface area (Å²) >= 11 is 6.33. The Morgan fingerprint density at radius 1 is 1.06 bits per heavy atom. The lowest BCUT2D eigenvalue weighted by atomic mass is 9.99. The average molecular weight is 449 g/mol. The molecular weight excluding hydrogens is 426 g/mol. The number of hydrogen-bond donors (Lipinski definition) is 2. The minimum atomic E-state index is -0.809. The van der Waals surface area contributed by atoms with Crippen molar-refractivity contribution in [3.63, 3.8) is 0 Å². The second kappa shape index (κ2) is 9.24. The number of halogens is 1. The second-order valence-corrected chi connectivity index (χ2v) is 7.98. The third-order valence-electron chi connectivity index (χ3n) is 5.38. The predicted octanol–water partition coefficient (Wildman–Crippen LogP) is 3.67. The van der Waals surface area contributed by atoms with Gasteiger partial charge in [-0.2, -0.15) is 0 Å². The summed E-state index contributed by atoms with van der Waals surface area (Å²) in [6.45, 7) is 1.95. The van der Waals surface area contributed by atoms with Gasteiger partial charge in [0.05, 0.1) is 17.7 Å². The number of amides is 2. The van der Waals surface area contributed by atoms with E-state index in [-0.39, 0.29) is 11.8 Å². The third-order valence-corrected chi connectivity index (χ3v) is 5.72. The molecule has 0 spiro atoms. The molecule has 3 aromatic rings. The summed E-state index contributed by atoms with van der Waals surface area (Å²) in [5, 5.41) is 3.45. The van der Waals surface area contributed by atoms with Crippen molar-refractivity contribution < 1.29 is 19.0 Å². The van der Waals surface area contributed by atoms with Crippen molar-refractivity contribution in [2.24, 2.45) is 0 Å². The van der Waals surface area contributed by atoms with Crippen LogP contribution < -0.4 is 15.5 Å². The molecule has 0 radical (unpaired) electrons. The number of methoxy groups -OCH3 is 1. The summed E-state index contributed by atoms with van der Waals surface area (Å²) < 4.78 is 6.94. The van der Waals surface area contributed by atoms with E-state index in [2.05, 4.69) is 10.7 Å². The van der Waals surface area contributed by atoms with Crippen LogP contribution >= 0.6 is 11.6 Å². The number of carbonyl (C=O) groups is 2. The molecule has 1 heterocycles. The van der Waals surface area contributed by atoms with E-state index in [0.29, 0.717) is 16.3 Å². The van der Waals surface area contributed by atoms with Gasteiger partial charge in [0.1, 0.15) is 5.75 Å². The Hall–Kier alpha value is -3.64. The lowest BCUT2D eigenvalue weighted by Gasteiger charge is -2.15. The number of hydrazone groups is 1. The van der Waals surface area contributed by atoms with Crippen molar-refractivity contribution in [3.8, 4) is 5.75 Å². The first-order valence-corrected chi connectivity index (χ1v) is 10.5. The van der Waals surface area contributed by atoms with Gasteiger partial charge in [0.25, 0.3) is 5.91 Å². The van der Waals surface area contributed by atoms with Crippen LogP contribution in [0, 0.1) is 6.92 Å². The standard InChI is InChI=1S/C25H22ClN3O3/c1-16-7-9-18(10-8-16)24(30)27-22-23(17-11-13-20(32-2)14-12-17)29(28-25(22)31)15-19-5-3-4-6-21(19)26/h3-15,22-23H,1-2H3,(H-,27,28,30,31)/p+1/b29-15-/t22-,23+/m1/s1. The Morgan fingerprint density at radius 3 is 2.41 bits per heavy atom. The lowest BCUT2D eigenvalue weighted by Crippen LogP contribution is -2.42. The fourth-order valence-corrected chi connectivity index (χ4v) is 3.83. The minimum Gasteiger partial charge on any atom is -0.497 e. The zero-order chi connectivity index (χ0) is 22.7. The molecule has 1 saturated heterocycles. The molecule has 3 aromatic carbocycles. The van der Waals surface area contributed by atoms with Crippen LogP contribution in [0.15, 0.2) is 72.8 Å². The molecule has 4 rings (SSSR count). The zero-order valence-electron chi connectivity index (χ0n) is 17.7. The van der Waals surface area contributed by atoms with E-state index in [1.165, 1.54) is 0 Å². The molecule has 0 bridgehead atoms. The molecule has 0 saturated carbocycles. The number of aryl methyl sites for hydroxylation is 1. The monoisotopic (exact) mass is 448 g/mol. The number of nitrogens with one attached hydrogen (secondary N) is 2. The van der Waals surface area contributed by atoms with Gasteiger partial charge in [-0.3, -0.25) is 9.59 Å². The molecule has 2 amide bonds. The minimum absolute atomic E-state index is 0.311. The van der Waals surface area contributed by atoms with E-state index in [9.17, 15) is 9.59 Å². The van der Waals surface area contributed by atoms with Crippen LogP contribution in [0.4, 0.5) is 0 Å². The maximum atomic E-state index is 12.9. The summed E-state index contributed by atoms with van der Waals surface area (Å²) in [6.07, 6.45) is 1.77. The molecule has 0 unspecified atom stereocenters. The highest BCUT2D eigenvalue weighted by atomic mass is 35.5. The summed E-state index contributed by atoms with van der Waals surface area (Å²) in [5.74, 6) is 0.0748. The number of ether oxygens (including phenoxy) is 1. The topological polar surface area (TPSA) is 70.4 Å². The molecule has 1 aliphatic heterocycles. The first kappa shape index (κ1) is 21.6. The fraction of sp³-hybridized carbons (Fsp3) is 0.160. The molecule has 1 aliphatic rings. The number of hydrazine groups is 1. The molecule has 1 fully saturated rings. The van der Waals surface area contributed by atoms with Crippen LogP contribution in [-0.2, 0) is 4.79 Å². The normalized spacial score (nSPS) is 19.0. The van der Waals surface area contributed by atoms with Gasteiger partial charge in [-0.15, -0.1) is 10.1 Å². The molecule has 7 heteroatoms. The Kier molecular flexibility index (Phi) is 6.23. The third kappa shape index (κ3) is 4.50. The maximum Gasteiger partial charge on any atom is 0.304 e. The van der Waals surface area contributed by atoms with Crippen molar-refractivity contribution in [2.45, 2.75) is 19.0 Å². The van der Waals surface area contributed by atoms with Crippen LogP contribution in [0.5, 0.6) is 5.75 Å². The number of hydrogen-bond acceptors (Lipinski definition) is 3. The quantitative estimate of drug-likeness (QED) is 0.585. The Labute approximate surface area is 191 Å². The Balaban J connectivity index is 1.71. The van der Waals surface area contributed by atoms with E-state index in [1.807, 2.05) is 61.5 Å². The van der Waals surface area contributed by atoms with Crippen LogP contribution in [-0.4, -0.2) is 35.9 Å². The van der Waals surface area contributed by atoms with Crippen molar-refractivity contribution in [2.75, 3.05) is 7.11 Å². The van der Waals surface area contributed by atoms with Crippen LogP contribution in [0.2, 0.25) is 5.02 Å². The molecule has 0 aromatic heterocycles. The summed E-state index contributed by atoms with van der Waals surface area (Å²) in [6, 6.07) is 20.7. The van der Waals surface area contributed by atoms with Gasteiger partial charge < -0.3 is 10.1 Å². The van der Waals surface area contributed by atoms with E-state index in [4.69, 9.17) is 16.3 Å². The van der Waals surface area contributed by atoms with Crippen molar-refractivity contribution in [1.82, 2.24) is 10.7 Å². The fourth-order valence-electron chi connectivity index (χ4n) is 3.64. The van der Waals surface area contributed by atoms with E-state index in [0.717, 1.165) is 16.7 Å². The summed E-state index contributed by atoms with van der Waals surface area (Å²) in [7, 11) is 1.59. The highest BCUT2D eigenvalue weighted by molar-refractivity contribution is 6.32. The summed E-state index contributed by atoms with van der Waals surface area (Å²) in [5.41, 5.74) is 5.98. The Bertz CT molecular complexity index is 1170. The van der Waals surface area contributed by atoms with E-state index < -0.39 is 12.1 Å². The largest absolute Gasteiger partial charge is 0.497 e. The van der Waals surface area contributed by atoms with Gasteiger partial charge in [0.2, 0.25) is 12.3 Å². The van der Waals surface area contributed by atoms with Gasteiger partial charge in [-0.05, 0) is 55.5 Å². The molecule has 2 atom stereocenters. The molecule has 2 N–H and O–H groups in total. The predicted molar refractivity (Wildman–Crippen MR) is 123 cm³/mol.